The van der Waals surface area contributed by atoms with Crippen LogP contribution in [0, 0.1) is 0 Å². The number of carbonyl (C=O) groups excluding carboxylic acids is 2. The molecule has 0 bridgehead atoms. The van der Waals surface area contributed by atoms with Gasteiger partial charge < -0.3 is 19.7 Å². The molecule has 0 aromatic heterocycles. The lowest BCUT2D eigenvalue weighted by molar-refractivity contribution is -0.144. The number of methoxy groups -OCH3 is 2. The van der Waals surface area contributed by atoms with Gasteiger partial charge in [0, 0.05) is 12.2 Å². The molecule has 6 heteroatoms. The number of hydrogen-bond donors (Lipinski definition) is 1. The zero-order chi connectivity index (χ0) is 23.8. The fraction of sp³-hybridized carbons (Fsp3) is 0.259. The van der Waals surface area contributed by atoms with Crippen molar-refractivity contribution >= 4 is 17.5 Å². The molecule has 3 aromatic carbocycles. The second-order valence-corrected chi connectivity index (χ2v) is 8.23. The quantitative estimate of drug-likeness (QED) is 0.518. The standard InChI is InChI=1S/C27H30N2O4/c1-27(2,26(31)28-22-12-16-24(33-4)17-13-22)29(19-21-10-14-23(32-3)15-11-21)25(30)18-20-8-6-5-7-9-20/h5-17H,18-19H2,1-4H3,(H,28,31). The van der Waals surface area contributed by atoms with Crippen LogP contribution in [0.1, 0.15) is 25.0 Å². The lowest BCUT2D eigenvalue weighted by atomic mass is 9.98. The molecule has 33 heavy (non-hydrogen) atoms. The van der Waals surface area contributed by atoms with Gasteiger partial charge in [-0.25, -0.2) is 0 Å². The van der Waals surface area contributed by atoms with E-state index in [1.165, 1.54) is 0 Å². The van der Waals surface area contributed by atoms with E-state index in [1.54, 1.807) is 57.2 Å². The SMILES string of the molecule is COc1ccc(CN(C(=O)Cc2ccccc2)C(C)(C)C(=O)Nc2ccc(OC)cc2)cc1. The summed E-state index contributed by atoms with van der Waals surface area (Å²) in [4.78, 5) is 28.4. The van der Waals surface area contributed by atoms with E-state index in [0.717, 1.165) is 16.9 Å². The average molecular weight is 447 g/mol. The Morgan fingerprint density at radius 1 is 0.788 bits per heavy atom. The van der Waals surface area contributed by atoms with Crippen molar-refractivity contribution in [1.29, 1.82) is 0 Å². The van der Waals surface area contributed by atoms with Crippen LogP contribution in [0.15, 0.2) is 78.9 Å². The highest BCUT2D eigenvalue weighted by Crippen LogP contribution is 2.24. The fourth-order valence-corrected chi connectivity index (χ4v) is 3.46. The van der Waals surface area contributed by atoms with Crippen molar-refractivity contribution in [3.05, 3.63) is 90.0 Å². The number of nitrogens with zero attached hydrogens (tertiary/aromatic N) is 1. The van der Waals surface area contributed by atoms with E-state index in [4.69, 9.17) is 9.47 Å². The predicted octanol–water partition coefficient (Wildman–Crippen LogP) is 4.69. The van der Waals surface area contributed by atoms with Gasteiger partial charge in [0.25, 0.3) is 0 Å². The monoisotopic (exact) mass is 446 g/mol. The van der Waals surface area contributed by atoms with Crippen molar-refractivity contribution in [2.45, 2.75) is 32.4 Å². The van der Waals surface area contributed by atoms with Crippen LogP contribution >= 0.6 is 0 Å². The van der Waals surface area contributed by atoms with Crippen LogP contribution in [-0.2, 0) is 22.6 Å². The number of benzene rings is 3. The molecule has 3 rings (SSSR count). The van der Waals surface area contributed by atoms with Crippen LogP contribution < -0.4 is 14.8 Å². The number of carbonyl (C=O) groups is 2. The molecule has 0 unspecified atom stereocenters. The van der Waals surface area contributed by atoms with Crippen molar-refractivity contribution in [3.8, 4) is 11.5 Å². The first-order valence-corrected chi connectivity index (χ1v) is 10.8. The highest BCUT2D eigenvalue weighted by Gasteiger charge is 2.37. The Morgan fingerprint density at radius 2 is 1.33 bits per heavy atom. The minimum absolute atomic E-state index is 0.133. The fourth-order valence-electron chi connectivity index (χ4n) is 3.46. The third-order valence-corrected chi connectivity index (χ3v) is 5.58. The van der Waals surface area contributed by atoms with Gasteiger partial charge in [0.2, 0.25) is 11.8 Å². The minimum atomic E-state index is -1.11. The predicted molar refractivity (Wildman–Crippen MR) is 129 cm³/mol. The van der Waals surface area contributed by atoms with E-state index in [0.29, 0.717) is 18.0 Å². The van der Waals surface area contributed by atoms with Gasteiger partial charge in [-0.15, -0.1) is 0 Å². The maximum absolute atomic E-state index is 13.4. The molecular formula is C27H30N2O4. The summed E-state index contributed by atoms with van der Waals surface area (Å²) in [6.07, 6.45) is 0.205. The molecule has 1 N–H and O–H groups in total. The van der Waals surface area contributed by atoms with E-state index >= 15 is 0 Å². The molecule has 3 aromatic rings. The van der Waals surface area contributed by atoms with E-state index in [2.05, 4.69) is 5.32 Å². The molecule has 0 aliphatic rings. The molecule has 2 amide bonds. The summed E-state index contributed by atoms with van der Waals surface area (Å²) in [5.41, 5.74) is 1.33. The lowest BCUT2D eigenvalue weighted by Gasteiger charge is -2.37. The van der Waals surface area contributed by atoms with E-state index in [9.17, 15) is 9.59 Å². The molecule has 6 nitrogen and oxygen atoms in total. The first-order valence-electron chi connectivity index (χ1n) is 10.8. The maximum atomic E-state index is 13.4. The van der Waals surface area contributed by atoms with Gasteiger partial charge in [-0.2, -0.15) is 0 Å². The highest BCUT2D eigenvalue weighted by atomic mass is 16.5. The third kappa shape index (κ3) is 6.13. The third-order valence-electron chi connectivity index (χ3n) is 5.58. The molecule has 0 aliphatic heterocycles. The summed E-state index contributed by atoms with van der Waals surface area (Å²) in [5, 5.41) is 2.93. The molecule has 0 aliphatic carbocycles. The van der Waals surface area contributed by atoms with Crippen LogP contribution in [0.5, 0.6) is 11.5 Å². The maximum Gasteiger partial charge on any atom is 0.249 e. The van der Waals surface area contributed by atoms with Gasteiger partial charge in [-0.3, -0.25) is 9.59 Å². The molecule has 0 heterocycles. The molecule has 0 saturated heterocycles. The van der Waals surface area contributed by atoms with Gasteiger partial charge >= 0.3 is 0 Å². The van der Waals surface area contributed by atoms with Crippen molar-refractivity contribution in [3.63, 3.8) is 0 Å². The first kappa shape index (κ1) is 23.9. The van der Waals surface area contributed by atoms with Crippen molar-refractivity contribution < 1.29 is 19.1 Å². The molecule has 172 valence electrons. The van der Waals surface area contributed by atoms with E-state index < -0.39 is 5.54 Å². The van der Waals surface area contributed by atoms with Gasteiger partial charge in [0.15, 0.2) is 0 Å². The first-order chi connectivity index (χ1) is 15.8. The summed E-state index contributed by atoms with van der Waals surface area (Å²) in [6, 6.07) is 24.1. The smallest absolute Gasteiger partial charge is 0.249 e. The number of amides is 2. The average Bonchev–Trinajstić information content (AvgIpc) is 2.83. The number of rotatable bonds is 9. The Labute approximate surface area is 195 Å². The Kier molecular flexibility index (Phi) is 7.72. The van der Waals surface area contributed by atoms with E-state index in [-0.39, 0.29) is 18.2 Å². The summed E-state index contributed by atoms with van der Waals surface area (Å²) in [5.74, 6) is 1.03. The van der Waals surface area contributed by atoms with Crippen LogP contribution in [-0.4, -0.2) is 36.5 Å². The van der Waals surface area contributed by atoms with Crippen LogP contribution in [0.4, 0.5) is 5.69 Å². The zero-order valence-electron chi connectivity index (χ0n) is 19.5. The summed E-state index contributed by atoms with van der Waals surface area (Å²) >= 11 is 0. The highest BCUT2D eigenvalue weighted by molar-refractivity contribution is 6.00. The molecular weight excluding hydrogens is 416 g/mol. The van der Waals surface area contributed by atoms with Gasteiger partial charge in [-0.05, 0) is 61.4 Å². The minimum Gasteiger partial charge on any atom is -0.497 e. The second kappa shape index (κ2) is 10.7. The van der Waals surface area contributed by atoms with E-state index in [1.807, 2.05) is 54.6 Å². The number of ether oxygens (including phenoxy) is 2. The van der Waals surface area contributed by atoms with Gasteiger partial charge in [-0.1, -0.05) is 42.5 Å². The Balaban J connectivity index is 1.85. The van der Waals surface area contributed by atoms with Crippen LogP contribution in [0.3, 0.4) is 0 Å². The molecule has 0 atom stereocenters. The van der Waals surface area contributed by atoms with Crippen molar-refractivity contribution in [2.75, 3.05) is 19.5 Å². The van der Waals surface area contributed by atoms with Crippen LogP contribution in [0.25, 0.3) is 0 Å². The van der Waals surface area contributed by atoms with Crippen molar-refractivity contribution in [1.82, 2.24) is 4.90 Å². The summed E-state index contributed by atoms with van der Waals surface area (Å²) in [6.45, 7) is 3.81. The van der Waals surface area contributed by atoms with Crippen molar-refractivity contribution in [2.24, 2.45) is 0 Å². The lowest BCUT2D eigenvalue weighted by Crippen LogP contribution is -2.55. The second-order valence-electron chi connectivity index (χ2n) is 8.23. The summed E-state index contributed by atoms with van der Waals surface area (Å²) in [7, 11) is 3.20. The van der Waals surface area contributed by atoms with Gasteiger partial charge in [0.1, 0.15) is 17.0 Å². The molecule has 0 radical (unpaired) electrons. The zero-order valence-corrected chi connectivity index (χ0v) is 19.5. The molecule has 0 fully saturated rings. The number of anilines is 1. The molecule has 0 saturated carbocycles. The number of nitrogens with one attached hydrogen (secondary N) is 1. The normalized spacial score (nSPS) is 10.9. The topological polar surface area (TPSA) is 67.9 Å². The largest absolute Gasteiger partial charge is 0.497 e. The summed E-state index contributed by atoms with van der Waals surface area (Å²) < 4.78 is 10.4. The molecule has 0 spiro atoms. The Bertz CT molecular complexity index is 1060. The van der Waals surface area contributed by atoms with Crippen LogP contribution in [0.2, 0.25) is 0 Å². The Morgan fingerprint density at radius 3 is 1.88 bits per heavy atom. The number of hydrogen-bond acceptors (Lipinski definition) is 4. The Hall–Kier alpha value is -3.80. The van der Waals surface area contributed by atoms with Gasteiger partial charge in [0.05, 0.1) is 20.6 Å².